The van der Waals surface area contributed by atoms with Crippen molar-refractivity contribution in [3.63, 3.8) is 0 Å². The van der Waals surface area contributed by atoms with E-state index in [2.05, 4.69) is 59.7 Å². The van der Waals surface area contributed by atoms with Crippen molar-refractivity contribution in [2.75, 3.05) is 12.4 Å². The molecule has 0 atom stereocenters. The number of piperidine rings is 1. The van der Waals surface area contributed by atoms with E-state index in [1.165, 1.54) is 31.4 Å². The quantitative estimate of drug-likeness (QED) is 0.797. The molecular formula is C18H31N5. The van der Waals surface area contributed by atoms with Crippen molar-refractivity contribution in [1.82, 2.24) is 20.6 Å². The Kier molecular flexibility index (Phi) is 4.36. The molecule has 0 bridgehead atoms. The zero-order chi connectivity index (χ0) is 16.7. The highest BCUT2D eigenvalue weighted by Gasteiger charge is 2.40. The van der Waals surface area contributed by atoms with E-state index in [1.807, 2.05) is 7.05 Å². The van der Waals surface area contributed by atoms with Crippen molar-refractivity contribution in [2.24, 2.45) is 0 Å². The smallest absolute Gasteiger partial charge is 0.129 e. The molecular weight excluding hydrogens is 286 g/mol. The number of nitrogens with one attached hydrogen (secondary N) is 3. The molecule has 0 aromatic carbocycles. The molecule has 23 heavy (non-hydrogen) atoms. The van der Waals surface area contributed by atoms with Gasteiger partial charge >= 0.3 is 0 Å². The molecule has 1 saturated carbocycles. The normalized spacial score (nSPS) is 29.8. The summed E-state index contributed by atoms with van der Waals surface area (Å²) in [6.07, 6.45) is 6.42. The van der Waals surface area contributed by atoms with Gasteiger partial charge in [0, 0.05) is 47.9 Å². The first-order valence-corrected chi connectivity index (χ1v) is 8.81. The summed E-state index contributed by atoms with van der Waals surface area (Å²) in [4.78, 5) is 8.65. The van der Waals surface area contributed by atoms with Crippen molar-refractivity contribution < 1.29 is 0 Å². The van der Waals surface area contributed by atoms with Crippen molar-refractivity contribution in [3.8, 4) is 0 Å². The molecule has 1 saturated heterocycles. The minimum absolute atomic E-state index is 0.205. The average Bonchev–Trinajstić information content (AvgIpc) is 2.39. The summed E-state index contributed by atoms with van der Waals surface area (Å²) >= 11 is 0. The van der Waals surface area contributed by atoms with E-state index in [-0.39, 0.29) is 11.1 Å². The Morgan fingerprint density at radius 2 is 1.70 bits per heavy atom. The van der Waals surface area contributed by atoms with Crippen LogP contribution in [-0.2, 0) is 0 Å². The highest BCUT2D eigenvalue weighted by Crippen LogP contribution is 2.38. The second-order valence-electron chi connectivity index (χ2n) is 8.61. The predicted octanol–water partition coefficient (Wildman–Crippen LogP) is 2.66. The second kappa shape index (κ2) is 6.02. The minimum Gasteiger partial charge on any atom is -0.373 e. The van der Waals surface area contributed by atoms with Crippen LogP contribution in [-0.4, -0.2) is 40.2 Å². The van der Waals surface area contributed by atoms with Gasteiger partial charge in [-0.05, 0) is 53.4 Å². The lowest BCUT2D eigenvalue weighted by Crippen LogP contribution is -2.63. The molecule has 3 rings (SSSR count). The minimum atomic E-state index is 0.205. The molecule has 2 fully saturated rings. The van der Waals surface area contributed by atoms with Crippen LogP contribution in [0.25, 0.3) is 0 Å². The van der Waals surface area contributed by atoms with Gasteiger partial charge < -0.3 is 16.0 Å². The molecule has 2 heterocycles. The van der Waals surface area contributed by atoms with Crippen LogP contribution in [0.1, 0.15) is 65.0 Å². The van der Waals surface area contributed by atoms with E-state index >= 15 is 0 Å². The van der Waals surface area contributed by atoms with E-state index < -0.39 is 0 Å². The lowest BCUT2D eigenvalue weighted by Gasteiger charge is -2.49. The summed E-state index contributed by atoms with van der Waals surface area (Å²) in [5, 5.41) is 10.7. The summed E-state index contributed by atoms with van der Waals surface area (Å²) in [7, 11) is 1.90. The van der Waals surface area contributed by atoms with Gasteiger partial charge in [0.2, 0.25) is 0 Å². The van der Waals surface area contributed by atoms with E-state index in [0.29, 0.717) is 18.0 Å². The van der Waals surface area contributed by atoms with Crippen LogP contribution in [0.3, 0.4) is 0 Å². The number of hydrogen-bond donors (Lipinski definition) is 3. The molecule has 1 aromatic heterocycles. The Hall–Kier alpha value is -1.20. The third-order valence-corrected chi connectivity index (χ3v) is 5.16. The van der Waals surface area contributed by atoms with Crippen LogP contribution in [0.2, 0.25) is 0 Å². The molecule has 5 heteroatoms. The van der Waals surface area contributed by atoms with Crippen molar-refractivity contribution in [1.29, 1.82) is 0 Å². The Balaban J connectivity index is 1.54. The molecule has 1 aromatic rings. The third-order valence-electron chi connectivity index (χ3n) is 5.16. The highest BCUT2D eigenvalue weighted by atomic mass is 15.1. The van der Waals surface area contributed by atoms with Crippen LogP contribution in [0, 0.1) is 0 Å². The standard InChI is InChI=1S/C18H31N5/c1-17(2)9-14(10-18(3,4)23-17)22-13-6-12(7-13)15-8-16(19-5)21-11-20-15/h8,11-14,22-23H,6-7,9-10H2,1-5H3,(H,19,20,21). The molecule has 1 aliphatic carbocycles. The van der Waals surface area contributed by atoms with E-state index in [9.17, 15) is 0 Å². The summed E-state index contributed by atoms with van der Waals surface area (Å²) in [6.45, 7) is 9.25. The summed E-state index contributed by atoms with van der Waals surface area (Å²) < 4.78 is 0. The van der Waals surface area contributed by atoms with Crippen LogP contribution < -0.4 is 16.0 Å². The monoisotopic (exact) mass is 317 g/mol. The second-order valence-corrected chi connectivity index (χ2v) is 8.61. The third kappa shape index (κ3) is 4.01. The van der Waals surface area contributed by atoms with Gasteiger partial charge in [-0.25, -0.2) is 9.97 Å². The molecule has 2 aliphatic rings. The summed E-state index contributed by atoms with van der Waals surface area (Å²) in [6, 6.07) is 3.31. The number of nitrogens with zero attached hydrogens (tertiary/aromatic N) is 2. The average molecular weight is 317 g/mol. The zero-order valence-electron chi connectivity index (χ0n) is 15.1. The Morgan fingerprint density at radius 1 is 1.04 bits per heavy atom. The van der Waals surface area contributed by atoms with Gasteiger partial charge in [-0.3, -0.25) is 0 Å². The maximum Gasteiger partial charge on any atom is 0.129 e. The van der Waals surface area contributed by atoms with Gasteiger partial charge in [-0.1, -0.05) is 0 Å². The molecule has 3 N–H and O–H groups in total. The first-order valence-electron chi connectivity index (χ1n) is 8.81. The first kappa shape index (κ1) is 16.7. The lowest BCUT2D eigenvalue weighted by molar-refractivity contribution is 0.125. The van der Waals surface area contributed by atoms with Gasteiger partial charge in [0.1, 0.15) is 12.1 Å². The van der Waals surface area contributed by atoms with E-state index in [0.717, 1.165) is 5.82 Å². The van der Waals surface area contributed by atoms with Crippen LogP contribution in [0.15, 0.2) is 12.4 Å². The van der Waals surface area contributed by atoms with Crippen molar-refractivity contribution in [2.45, 2.75) is 82.5 Å². The van der Waals surface area contributed by atoms with Gasteiger partial charge in [-0.2, -0.15) is 0 Å². The van der Waals surface area contributed by atoms with E-state index in [1.54, 1.807) is 6.33 Å². The Bertz CT molecular complexity index is 532. The van der Waals surface area contributed by atoms with Gasteiger partial charge in [0.15, 0.2) is 0 Å². The number of hydrogen-bond acceptors (Lipinski definition) is 5. The van der Waals surface area contributed by atoms with Gasteiger partial charge in [-0.15, -0.1) is 0 Å². The van der Waals surface area contributed by atoms with Gasteiger partial charge in [0.25, 0.3) is 0 Å². The fourth-order valence-corrected chi connectivity index (χ4v) is 4.50. The largest absolute Gasteiger partial charge is 0.373 e. The first-order chi connectivity index (χ1) is 10.8. The van der Waals surface area contributed by atoms with Crippen molar-refractivity contribution >= 4 is 5.82 Å². The molecule has 128 valence electrons. The maximum absolute atomic E-state index is 4.45. The molecule has 1 aliphatic heterocycles. The van der Waals surface area contributed by atoms with Crippen molar-refractivity contribution in [3.05, 3.63) is 18.1 Å². The number of anilines is 1. The Morgan fingerprint density at radius 3 is 2.30 bits per heavy atom. The number of rotatable bonds is 4. The molecule has 0 amide bonds. The zero-order valence-corrected chi connectivity index (χ0v) is 15.1. The number of aromatic nitrogens is 2. The molecule has 0 unspecified atom stereocenters. The van der Waals surface area contributed by atoms with Crippen LogP contribution in [0.5, 0.6) is 0 Å². The maximum atomic E-state index is 4.45. The van der Waals surface area contributed by atoms with Crippen LogP contribution in [0.4, 0.5) is 5.82 Å². The highest BCUT2D eigenvalue weighted by molar-refractivity contribution is 5.35. The topological polar surface area (TPSA) is 61.9 Å². The molecule has 0 radical (unpaired) electrons. The summed E-state index contributed by atoms with van der Waals surface area (Å²) in [5.74, 6) is 1.48. The summed E-state index contributed by atoms with van der Waals surface area (Å²) in [5.41, 5.74) is 1.58. The fraction of sp³-hybridized carbons (Fsp3) is 0.778. The van der Waals surface area contributed by atoms with Crippen LogP contribution >= 0.6 is 0 Å². The Labute approximate surface area is 140 Å². The predicted molar refractivity (Wildman–Crippen MR) is 94.8 cm³/mol. The fourth-order valence-electron chi connectivity index (χ4n) is 4.50. The molecule has 0 spiro atoms. The van der Waals surface area contributed by atoms with E-state index in [4.69, 9.17) is 0 Å². The SMILES string of the molecule is CNc1cc(C2CC(NC3CC(C)(C)NC(C)(C)C3)C2)ncn1. The lowest BCUT2D eigenvalue weighted by atomic mass is 9.75. The van der Waals surface area contributed by atoms with Gasteiger partial charge in [0.05, 0.1) is 0 Å². The molecule has 5 nitrogen and oxygen atoms in total.